The average molecular weight is 310 g/mol. The Hall–Kier alpha value is -0.380. The number of hydrogen-bond donors (Lipinski definition) is 1. The molecule has 2 fully saturated rings. The standard InChI is InChI=1S/C15H20BrNO/c16-13-3-1-11(2-4-13)9-12-10-18-8-7-15(12)17-14-5-6-14/h1-4,12,14-15,17H,5-10H2/t12-,15-/m1/s1. The van der Waals surface area contributed by atoms with E-state index in [1.54, 1.807) is 0 Å². The molecule has 1 aliphatic carbocycles. The Morgan fingerprint density at radius 1 is 1.17 bits per heavy atom. The van der Waals surface area contributed by atoms with Crippen molar-refractivity contribution < 1.29 is 4.74 Å². The van der Waals surface area contributed by atoms with Crippen molar-refractivity contribution in [2.45, 2.75) is 37.8 Å². The Kier molecular flexibility index (Phi) is 4.02. The van der Waals surface area contributed by atoms with Gasteiger partial charge >= 0.3 is 0 Å². The fourth-order valence-corrected chi connectivity index (χ4v) is 2.96. The van der Waals surface area contributed by atoms with E-state index in [0.717, 1.165) is 36.6 Å². The van der Waals surface area contributed by atoms with Gasteiger partial charge in [0.05, 0.1) is 6.61 Å². The summed E-state index contributed by atoms with van der Waals surface area (Å²) in [6.45, 7) is 1.82. The molecule has 1 N–H and O–H groups in total. The molecule has 3 rings (SSSR count). The van der Waals surface area contributed by atoms with E-state index in [-0.39, 0.29) is 0 Å². The molecule has 0 aromatic heterocycles. The highest BCUT2D eigenvalue weighted by Crippen LogP contribution is 2.26. The summed E-state index contributed by atoms with van der Waals surface area (Å²) in [7, 11) is 0. The minimum atomic E-state index is 0.625. The van der Waals surface area contributed by atoms with Gasteiger partial charge in [0.15, 0.2) is 0 Å². The molecule has 0 bridgehead atoms. The lowest BCUT2D eigenvalue weighted by Gasteiger charge is -2.32. The first-order valence-electron chi connectivity index (χ1n) is 6.89. The molecule has 18 heavy (non-hydrogen) atoms. The van der Waals surface area contributed by atoms with E-state index >= 15 is 0 Å². The van der Waals surface area contributed by atoms with Crippen molar-refractivity contribution in [1.82, 2.24) is 5.32 Å². The second-order valence-corrected chi connectivity index (χ2v) is 6.42. The van der Waals surface area contributed by atoms with Crippen LogP contribution in [0.5, 0.6) is 0 Å². The van der Waals surface area contributed by atoms with Crippen LogP contribution < -0.4 is 5.32 Å². The lowest BCUT2D eigenvalue weighted by atomic mass is 9.89. The molecule has 2 aliphatic rings. The molecule has 1 saturated carbocycles. The molecular weight excluding hydrogens is 290 g/mol. The van der Waals surface area contributed by atoms with Crippen LogP contribution in [0.15, 0.2) is 28.7 Å². The van der Waals surface area contributed by atoms with Gasteiger partial charge in [-0.1, -0.05) is 28.1 Å². The monoisotopic (exact) mass is 309 g/mol. The molecule has 1 aromatic rings. The minimum absolute atomic E-state index is 0.625. The average Bonchev–Trinajstić information content (AvgIpc) is 3.18. The Bertz CT molecular complexity index is 388. The minimum Gasteiger partial charge on any atom is -0.381 e. The maximum absolute atomic E-state index is 5.66. The van der Waals surface area contributed by atoms with Crippen molar-refractivity contribution in [3.63, 3.8) is 0 Å². The van der Waals surface area contributed by atoms with Gasteiger partial charge in [-0.15, -0.1) is 0 Å². The van der Waals surface area contributed by atoms with E-state index in [2.05, 4.69) is 45.5 Å². The molecule has 1 aromatic carbocycles. The number of benzene rings is 1. The molecule has 98 valence electrons. The molecule has 1 saturated heterocycles. The highest BCUT2D eigenvalue weighted by atomic mass is 79.9. The number of hydrogen-bond acceptors (Lipinski definition) is 2. The second-order valence-electron chi connectivity index (χ2n) is 5.50. The maximum atomic E-state index is 5.66. The molecule has 2 nitrogen and oxygen atoms in total. The van der Waals surface area contributed by atoms with Crippen molar-refractivity contribution in [3.8, 4) is 0 Å². The van der Waals surface area contributed by atoms with Crippen molar-refractivity contribution in [2.24, 2.45) is 5.92 Å². The molecule has 0 radical (unpaired) electrons. The third-order valence-corrected chi connectivity index (χ3v) is 4.44. The Morgan fingerprint density at radius 2 is 1.94 bits per heavy atom. The first-order valence-corrected chi connectivity index (χ1v) is 7.69. The van der Waals surface area contributed by atoms with Gasteiger partial charge in [0.25, 0.3) is 0 Å². The van der Waals surface area contributed by atoms with Gasteiger partial charge in [0, 0.05) is 29.1 Å². The SMILES string of the molecule is Brc1ccc(C[C@@H]2COCC[C@H]2NC2CC2)cc1. The Labute approximate surface area is 117 Å². The normalized spacial score (nSPS) is 28.3. The smallest absolute Gasteiger partial charge is 0.0512 e. The van der Waals surface area contributed by atoms with Crippen molar-refractivity contribution in [1.29, 1.82) is 0 Å². The predicted octanol–water partition coefficient (Wildman–Crippen LogP) is 3.15. The van der Waals surface area contributed by atoms with Crippen molar-refractivity contribution in [3.05, 3.63) is 34.3 Å². The zero-order chi connectivity index (χ0) is 12.4. The fourth-order valence-electron chi connectivity index (χ4n) is 2.69. The molecule has 0 amide bonds. The van der Waals surface area contributed by atoms with E-state index < -0.39 is 0 Å². The zero-order valence-corrected chi connectivity index (χ0v) is 12.2. The lowest BCUT2D eigenvalue weighted by Crippen LogP contribution is -2.44. The van der Waals surface area contributed by atoms with Crippen LogP contribution in [0.3, 0.4) is 0 Å². The number of halogens is 1. The maximum Gasteiger partial charge on any atom is 0.0512 e. The summed E-state index contributed by atoms with van der Waals surface area (Å²) < 4.78 is 6.81. The van der Waals surface area contributed by atoms with Crippen LogP contribution >= 0.6 is 15.9 Å². The van der Waals surface area contributed by atoms with Gasteiger partial charge < -0.3 is 10.1 Å². The van der Waals surface area contributed by atoms with Crippen LogP contribution in [0.4, 0.5) is 0 Å². The summed E-state index contributed by atoms with van der Waals surface area (Å²) in [5, 5.41) is 3.79. The first kappa shape index (κ1) is 12.6. The Balaban J connectivity index is 1.62. The van der Waals surface area contributed by atoms with Gasteiger partial charge in [0.1, 0.15) is 0 Å². The van der Waals surface area contributed by atoms with Crippen LogP contribution in [-0.4, -0.2) is 25.3 Å². The van der Waals surface area contributed by atoms with Gasteiger partial charge in [-0.05, 0) is 43.4 Å². The largest absolute Gasteiger partial charge is 0.381 e. The van der Waals surface area contributed by atoms with E-state index in [4.69, 9.17) is 4.74 Å². The topological polar surface area (TPSA) is 21.3 Å². The fraction of sp³-hybridized carbons (Fsp3) is 0.600. The first-order chi connectivity index (χ1) is 8.81. The van der Waals surface area contributed by atoms with Gasteiger partial charge in [-0.2, -0.15) is 0 Å². The molecule has 2 atom stereocenters. The summed E-state index contributed by atoms with van der Waals surface area (Å²) >= 11 is 3.49. The molecule has 1 heterocycles. The third-order valence-electron chi connectivity index (χ3n) is 3.91. The number of ether oxygens (including phenoxy) is 1. The Morgan fingerprint density at radius 3 is 2.67 bits per heavy atom. The highest BCUT2D eigenvalue weighted by molar-refractivity contribution is 9.10. The molecule has 0 unspecified atom stereocenters. The van der Waals surface area contributed by atoms with Crippen LogP contribution in [0.25, 0.3) is 0 Å². The third kappa shape index (κ3) is 3.34. The van der Waals surface area contributed by atoms with Gasteiger partial charge in [0.2, 0.25) is 0 Å². The predicted molar refractivity (Wildman–Crippen MR) is 76.7 cm³/mol. The second kappa shape index (κ2) is 5.72. The number of rotatable bonds is 4. The van der Waals surface area contributed by atoms with E-state index in [1.165, 1.54) is 18.4 Å². The van der Waals surface area contributed by atoms with Crippen molar-refractivity contribution >= 4 is 15.9 Å². The summed E-state index contributed by atoms with van der Waals surface area (Å²) in [6.07, 6.45) is 5.01. The molecule has 1 aliphatic heterocycles. The summed E-state index contributed by atoms with van der Waals surface area (Å²) in [5.41, 5.74) is 1.41. The van der Waals surface area contributed by atoms with Gasteiger partial charge in [-0.3, -0.25) is 0 Å². The van der Waals surface area contributed by atoms with E-state index in [9.17, 15) is 0 Å². The zero-order valence-electron chi connectivity index (χ0n) is 10.6. The molecule has 0 spiro atoms. The quantitative estimate of drug-likeness (QED) is 0.922. The van der Waals surface area contributed by atoms with Crippen LogP contribution in [0.2, 0.25) is 0 Å². The lowest BCUT2D eigenvalue weighted by molar-refractivity contribution is 0.0316. The van der Waals surface area contributed by atoms with Crippen molar-refractivity contribution in [2.75, 3.05) is 13.2 Å². The summed E-state index contributed by atoms with van der Waals surface area (Å²) in [6, 6.07) is 10.1. The van der Waals surface area contributed by atoms with Crippen LogP contribution in [0, 0.1) is 5.92 Å². The van der Waals surface area contributed by atoms with Gasteiger partial charge in [-0.25, -0.2) is 0 Å². The summed E-state index contributed by atoms with van der Waals surface area (Å²) in [4.78, 5) is 0. The highest BCUT2D eigenvalue weighted by Gasteiger charge is 2.31. The summed E-state index contributed by atoms with van der Waals surface area (Å²) in [5.74, 6) is 0.625. The van der Waals surface area contributed by atoms with Crippen LogP contribution in [-0.2, 0) is 11.2 Å². The van der Waals surface area contributed by atoms with Crippen LogP contribution in [0.1, 0.15) is 24.8 Å². The van der Waals surface area contributed by atoms with E-state index in [0.29, 0.717) is 12.0 Å². The molecular formula is C15H20BrNO. The van der Waals surface area contributed by atoms with E-state index in [1.807, 2.05) is 0 Å². The molecule has 3 heteroatoms. The number of nitrogens with one attached hydrogen (secondary N) is 1.